The van der Waals surface area contributed by atoms with Crippen molar-refractivity contribution in [1.82, 2.24) is 15.5 Å². The Kier molecular flexibility index (Phi) is 7.47. The second-order valence-corrected chi connectivity index (χ2v) is 17.6. The van der Waals surface area contributed by atoms with E-state index in [1.165, 1.54) is 74.5 Å². The van der Waals surface area contributed by atoms with E-state index < -0.39 is 5.60 Å². The van der Waals surface area contributed by atoms with E-state index in [1.54, 1.807) is 6.07 Å². The van der Waals surface area contributed by atoms with E-state index in [0.29, 0.717) is 11.8 Å². The Bertz CT molecular complexity index is 1680. The van der Waals surface area contributed by atoms with Crippen LogP contribution in [0.25, 0.3) is 0 Å². The Hall–Kier alpha value is -2.36. The summed E-state index contributed by atoms with van der Waals surface area (Å²) in [4.78, 5) is 2.58. The lowest BCUT2D eigenvalue weighted by molar-refractivity contribution is -0.191. The number of ether oxygens (including phenoxy) is 2. The van der Waals surface area contributed by atoms with Gasteiger partial charge < -0.3 is 35.4 Å². The summed E-state index contributed by atoms with van der Waals surface area (Å²) in [5, 5.41) is 39.7. The molecule has 4 bridgehead atoms. The number of hydrogen-bond acceptors (Lipinski definition) is 8. The number of likely N-dealkylation sites (N-methyl/N-ethyl adjacent to an activating group) is 1. The molecule has 6 aliphatic carbocycles. The highest BCUT2D eigenvalue weighted by molar-refractivity contribution is 5.63. The van der Waals surface area contributed by atoms with Gasteiger partial charge in [-0.15, -0.1) is 0 Å². The summed E-state index contributed by atoms with van der Waals surface area (Å²) >= 11 is 0. The van der Waals surface area contributed by atoms with Crippen LogP contribution >= 0.6 is 0 Å². The van der Waals surface area contributed by atoms with E-state index >= 15 is 0 Å². The van der Waals surface area contributed by atoms with Gasteiger partial charge in [-0.2, -0.15) is 0 Å². The number of nitrogens with one attached hydrogen (secondary N) is 2. The molecule has 2 aromatic rings. The smallest absolute Gasteiger partial charge is 0.165 e. The Balaban J connectivity index is 0.000000127. The summed E-state index contributed by atoms with van der Waals surface area (Å²) < 4.78 is 13.1. The van der Waals surface area contributed by atoms with E-state index in [2.05, 4.69) is 40.7 Å². The van der Waals surface area contributed by atoms with Crippen molar-refractivity contribution < 1.29 is 24.8 Å². The highest BCUT2D eigenvalue weighted by Gasteiger charge is 2.73. The second kappa shape index (κ2) is 11.6. The number of phenols is 1. The minimum atomic E-state index is -0.760. The molecule has 2 aromatic carbocycles. The van der Waals surface area contributed by atoms with Gasteiger partial charge in [0.05, 0.1) is 17.6 Å². The number of aromatic hydroxyl groups is 1. The number of piperidine rings is 1. The highest BCUT2D eigenvalue weighted by Crippen LogP contribution is 2.67. The average molecular weight is 684 g/mol. The van der Waals surface area contributed by atoms with E-state index in [-0.39, 0.29) is 47.5 Å². The van der Waals surface area contributed by atoms with Gasteiger partial charge in [0.15, 0.2) is 11.5 Å². The molecule has 4 saturated carbocycles. The fourth-order valence-electron chi connectivity index (χ4n) is 13.4. The van der Waals surface area contributed by atoms with Crippen LogP contribution in [0.1, 0.15) is 105 Å². The fraction of sp³-hybridized carbons (Fsp3) is 0.714. The van der Waals surface area contributed by atoms with E-state index in [1.807, 2.05) is 7.05 Å². The first kappa shape index (κ1) is 32.3. The molecule has 3 heterocycles. The van der Waals surface area contributed by atoms with Crippen molar-refractivity contribution in [2.45, 2.75) is 144 Å². The molecule has 50 heavy (non-hydrogen) atoms. The topological polar surface area (TPSA) is 106 Å². The maximum absolute atomic E-state index is 12.2. The molecule has 11 rings (SSSR count). The molecular formula is C42H57N3O5. The Morgan fingerprint density at radius 1 is 0.880 bits per heavy atom. The zero-order chi connectivity index (χ0) is 34.0. The first-order valence-corrected chi connectivity index (χ1v) is 20.2. The average Bonchev–Trinajstić information content (AvgIpc) is 3.77. The predicted molar refractivity (Wildman–Crippen MR) is 192 cm³/mol. The van der Waals surface area contributed by atoms with Gasteiger partial charge in [-0.25, -0.2) is 0 Å². The van der Waals surface area contributed by atoms with Gasteiger partial charge in [-0.3, -0.25) is 4.90 Å². The van der Waals surface area contributed by atoms with Gasteiger partial charge in [-0.05, 0) is 132 Å². The molecule has 270 valence electrons. The van der Waals surface area contributed by atoms with E-state index in [4.69, 9.17) is 9.47 Å². The first-order chi connectivity index (χ1) is 24.4. The van der Waals surface area contributed by atoms with E-state index in [0.717, 1.165) is 79.9 Å². The number of aliphatic hydroxyl groups excluding tert-OH is 1. The molecule has 8 nitrogen and oxygen atoms in total. The highest BCUT2D eigenvalue weighted by atomic mass is 16.5. The van der Waals surface area contributed by atoms with Crippen LogP contribution in [0.15, 0.2) is 24.3 Å². The van der Waals surface area contributed by atoms with Gasteiger partial charge >= 0.3 is 0 Å². The molecule has 0 radical (unpaired) electrons. The predicted octanol–water partition coefficient (Wildman–Crippen LogP) is 4.86. The molecular weight excluding hydrogens is 626 g/mol. The number of rotatable bonds is 7. The SMILES string of the molecule is CCCN[C@@H]1CCC2C3CCC[C@]24c2c(ccc(CO)c2OC14)C3.CN[C@@H]1CC[C@]2(O)C3Cc4ccc(O)c5c4[C@]2(CCN3CC2CC2)[C@@H]1O5. The third kappa shape index (κ3) is 4.17. The van der Waals surface area contributed by atoms with Crippen molar-refractivity contribution in [1.29, 1.82) is 0 Å². The molecule has 0 amide bonds. The molecule has 1 saturated heterocycles. The molecule has 4 unspecified atom stereocenters. The number of nitrogens with zero attached hydrogens (tertiary/aromatic N) is 1. The van der Waals surface area contributed by atoms with Gasteiger partial charge in [-0.1, -0.05) is 31.5 Å². The lowest BCUT2D eigenvalue weighted by Gasteiger charge is -2.64. The van der Waals surface area contributed by atoms with Crippen LogP contribution in [0.3, 0.4) is 0 Å². The van der Waals surface area contributed by atoms with Crippen molar-refractivity contribution in [3.8, 4) is 17.2 Å². The van der Waals surface area contributed by atoms with Crippen LogP contribution in [0.5, 0.6) is 17.2 Å². The van der Waals surface area contributed by atoms with Gasteiger partial charge in [0.25, 0.3) is 0 Å². The molecule has 8 heteroatoms. The molecule has 3 aliphatic heterocycles. The van der Waals surface area contributed by atoms with Crippen LogP contribution in [0.4, 0.5) is 0 Å². The van der Waals surface area contributed by atoms with E-state index in [9.17, 15) is 15.3 Å². The zero-order valence-electron chi connectivity index (χ0n) is 30.1. The van der Waals surface area contributed by atoms with Crippen LogP contribution in [0.2, 0.25) is 0 Å². The number of hydrogen-bond donors (Lipinski definition) is 5. The monoisotopic (exact) mass is 683 g/mol. The molecule has 5 N–H and O–H groups in total. The largest absolute Gasteiger partial charge is 0.504 e. The standard InChI is InChI=1S/C21H28N2O3.C21H29NO2/c1-22-14-6-7-21(25)16-10-13-4-5-15(24)18-17(13)20(21,19(14)26-18)8-9-23(16)11-12-2-3-12;1-2-10-22-17-8-7-16-13-4-3-9-21(16)18-14(11-13)5-6-15(12-23)19(18)24-20(17)21/h4-5,12,14,16,19,22,24-25H,2-3,6-11H2,1H3;5-6,13,16-17,20,22-23H,2-4,7-12H2,1H3/t14-,16?,19-,20-,21+;13?,16?,17-,20?,21-/m11/s1. The number of benzene rings is 2. The quantitative estimate of drug-likeness (QED) is 0.282. The van der Waals surface area contributed by atoms with Gasteiger partial charge in [0.1, 0.15) is 18.0 Å². The van der Waals surface area contributed by atoms with Crippen molar-refractivity contribution >= 4 is 0 Å². The van der Waals surface area contributed by atoms with Crippen LogP contribution in [-0.4, -0.2) is 82.8 Å². The van der Waals surface area contributed by atoms with Crippen LogP contribution in [0, 0.1) is 17.8 Å². The summed E-state index contributed by atoms with van der Waals surface area (Å²) in [6, 6.07) is 9.08. The van der Waals surface area contributed by atoms with Gasteiger partial charge in [0, 0.05) is 46.8 Å². The second-order valence-electron chi connectivity index (χ2n) is 17.6. The normalized spacial score (nSPS) is 40.9. The third-order valence-electron chi connectivity index (χ3n) is 15.5. The zero-order valence-corrected chi connectivity index (χ0v) is 30.1. The Labute approximate surface area is 297 Å². The summed E-state index contributed by atoms with van der Waals surface area (Å²) in [6.07, 6.45) is 15.3. The summed E-state index contributed by atoms with van der Waals surface area (Å²) in [6.45, 7) is 5.55. The Morgan fingerprint density at radius 2 is 1.70 bits per heavy atom. The first-order valence-electron chi connectivity index (χ1n) is 20.2. The summed E-state index contributed by atoms with van der Waals surface area (Å²) in [5.74, 6) is 4.38. The molecule has 10 atom stereocenters. The maximum Gasteiger partial charge on any atom is 0.165 e. The van der Waals surface area contributed by atoms with Gasteiger partial charge in [0.2, 0.25) is 0 Å². The van der Waals surface area contributed by atoms with Crippen molar-refractivity contribution in [3.63, 3.8) is 0 Å². The van der Waals surface area contributed by atoms with Crippen LogP contribution < -0.4 is 20.1 Å². The molecule has 0 aromatic heterocycles. The lowest BCUT2D eigenvalue weighted by Crippen LogP contribution is -2.78. The van der Waals surface area contributed by atoms with Crippen molar-refractivity contribution in [3.05, 3.63) is 52.1 Å². The molecule has 5 fully saturated rings. The lowest BCUT2D eigenvalue weighted by atomic mass is 9.48. The van der Waals surface area contributed by atoms with Crippen molar-refractivity contribution in [2.24, 2.45) is 17.8 Å². The third-order valence-corrected chi connectivity index (χ3v) is 15.5. The van der Waals surface area contributed by atoms with Crippen molar-refractivity contribution in [2.75, 3.05) is 26.7 Å². The molecule has 9 aliphatic rings. The summed E-state index contributed by atoms with van der Waals surface area (Å²) in [7, 11) is 1.99. The minimum absolute atomic E-state index is 0.0898. The maximum atomic E-state index is 12.2. The number of phenolic OH excluding ortho intramolecular Hbond substituents is 1. The molecule has 2 spiro atoms. The van der Waals surface area contributed by atoms with Crippen LogP contribution in [-0.2, 0) is 30.3 Å². The summed E-state index contributed by atoms with van der Waals surface area (Å²) in [5.41, 5.74) is 5.48. The number of likely N-dealkylation sites (tertiary alicyclic amines) is 1. The number of aliphatic hydroxyl groups is 2. The minimum Gasteiger partial charge on any atom is -0.504 e. The Morgan fingerprint density at radius 3 is 2.50 bits per heavy atom. The fourth-order valence-corrected chi connectivity index (χ4v) is 13.4.